The standard InChI is InChI=1S/C21H16Br2ClNO3/c22-16-9-13-14(10-17(16)23)21(28)25(20(13)27)18-7-6-12(24)8-15(18)19(26)11-4-2-1-3-5-11/h1-8,13-14,16-17H,9-10H2/t13-,14-,16+,17+/m0/s1. The lowest BCUT2D eigenvalue weighted by Gasteiger charge is -2.29. The molecule has 144 valence electrons. The number of hydrogen-bond donors (Lipinski definition) is 0. The van der Waals surface area contributed by atoms with Gasteiger partial charge in [-0.05, 0) is 31.0 Å². The molecular weight excluding hydrogens is 509 g/mol. The summed E-state index contributed by atoms with van der Waals surface area (Å²) in [5.74, 6) is -1.51. The SMILES string of the molecule is O=C(c1ccccc1)c1cc(Cl)ccc1N1C(=O)[C@H]2C[C@@H](Br)[C@H](Br)C[C@@H]2C1=O. The summed E-state index contributed by atoms with van der Waals surface area (Å²) in [6, 6.07) is 13.5. The van der Waals surface area contributed by atoms with Crippen molar-refractivity contribution >= 4 is 66.7 Å². The fourth-order valence-corrected chi connectivity index (χ4v) is 5.37. The fraction of sp³-hybridized carbons (Fsp3) is 0.286. The fourth-order valence-electron chi connectivity index (χ4n) is 3.96. The summed E-state index contributed by atoms with van der Waals surface area (Å²) >= 11 is 13.3. The molecule has 0 aromatic heterocycles. The van der Waals surface area contributed by atoms with Crippen molar-refractivity contribution in [3.8, 4) is 0 Å². The van der Waals surface area contributed by atoms with Gasteiger partial charge in [0.15, 0.2) is 5.78 Å². The number of ketones is 1. The molecule has 2 aliphatic rings. The van der Waals surface area contributed by atoms with Crippen LogP contribution in [-0.2, 0) is 9.59 Å². The molecule has 4 atom stereocenters. The number of hydrogen-bond acceptors (Lipinski definition) is 3. The van der Waals surface area contributed by atoms with Gasteiger partial charge in [0, 0.05) is 25.8 Å². The third-order valence-corrected chi connectivity index (χ3v) is 8.36. The highest BCUT2D eigenvalue weighted by Gasteiger charge is 2.52. The second-order valence-electron chi connectivity index (χ2n) is 7.08. The van der Waals surface area contributed by atoms with Gasteiger partial charge in [0.05, 0.1) is 17.5 Å². The molecule has 0 bridgehead atoms. The Morgan fingerprint density at radius 2 is 1.50 bits per heavy atom. The summed E-state index contributed by atoms with van der Waals surface area (Å²) in [5, 5.41) is 0.376. The maximum atomic E-state index is 13.1. The second-order valence-corrected chi connectivity index (χ2v) is 9.87. The first-order chi connectivity index (χ1) is 13.4. The Hall–Kier alpha value is -1.50. The van der Waals surface area contributed by atoms with Crippen LogP contribution in [0, 0.1) is 11.8 Å². The zero-order chi connectivity index (χ0) is 20.0. The average Bonchev–Trinajstić information content (AvgIpc) is 2.92. The molecule has 0 N–H and O–H groups in total. The molecule has 1 aliphatic carbocycles. The topological polar surface area (TPSA) is 54.5 Å². The van der Waals surface area contributed by atoms with E-state index >= 15 is 0 Å². The molecule has 2 aromatic carbocycles. The molecule has 7 heteroatoms. The van der Waals surface area contributed by atoms with E-state index in [1.165, 1.54) is 11.0 Å². The summed E-state index contributed by atoms with van der Waals surface area (Å²) in [6.07, 6.45) is 1.16. The number of imide groups is 1. The summed E-state index contributed by atoms with van der Waals surface area (Å²) < 4.78 is 0. The molecule has 1 aliphatic heterocycles. The zero-order valence-electron chi connectivity index (χ0n) is 14.6. The molecular formula is C21H16Br2ClNO3. The summed E-state index contributed by atoms with van der Waals surface area (Å²) in [4.78, 5) is 40.8. The van der Waals surface area contributed by atoms with E-state index in [9.17, 15) is 14.4 Å². The van der Waals surface area contributed by atoms with Crippen molar-refractivity contribution in [2.45, 2.75) is 22.5 Å². The Balaban J connectivity index is 1.77. The quantitative estimate of drug-likeness (QED) is 0.322. The Kier molecular flexibility index (Phi) is 5.47. The van der Waals surface area contributed by atoms with Gasteiger partial charge in [0.1, 0.15) is 0 Å². The van der Waals surface area contributed by atoms with Crippen LogP contribution in [0.2, 0.25) is 5.02 Å². The van der Waals surface area contributed by atoms with Crippen LogP contribution in [-0.4, -0.2) is 27.3 Å². The van der Waals surface area contributed by atoms with Crippen molar-refractivity contribution < 1.29 is 14.4 Å². The van der Waals surface area contributed by atoms with Gasteiger partial charge >= 0.3 is 0 Å². The number of benzene rings is 2. The van der Waals surface area contributed by atoms with E-state index in [2.05, 4.69) is 31.9 Å². The predicted octanol–water partition coefficient (Wildman–Crippen LogP) is 5.00. The predicted molar refractivity (Wildman–Crippen MR) is 115 cm³/mol. The zero-order valence-corrected chi connectivity index (χ0v) is 18.6. The first-order valence-corrected chi connectivity index (χ1v) is 11.1. The minimum absolute atomic E-state index is 0.126. The number of carbonyl (C=O) groups excluding carboxylic acids is 3. The van der Waals surface area contributed by atoms with Crippen LogP contribution in [0.15, 0.2) is 48.5 Å². The van der Waals surface area contributed by atoms with Crippen LogP contribution in [0.4, 0.5) is 5.69 Å². The Morgan fingerprint density at radius 1 is 0.929 bits per heavy atom. The number of fused-ring (bicyclic) bond motifs is 1. The summed E-state index contributed by atoms with van der Waals surface area (Å²) in [6.45, 7) is 0. The molecule has 1 heterocycles. The number of alkyl halides is 2. The van der Waals surface area contributed by atoms with Crippen LogP contribution < -0.4 is 4.90 Å². The van der Waals surface area contributed by atoms with Gasteiger partial charge in [0.25, 0.3) is 0 Å². The number of rotatable bonds is 3. The third kappa shape index (κ3) is 3.36. The van der Waals surface area contributed by atoms with Crippen LogP contribution >= 0.6 is 43.5 Å². The molecule has 28 heavy (non-hydrogen) atoms. The number of halogens is 3. The molecule has 0 unspecified atom stereocenters. The van der Waals surface area contributed by atoms with Gasteiger partial charge in [-0.15, -0.1) is 0 Å². The lowest BCUT2D eigenvalue weighted by molar-refractivity contribution is -0.122. The van der Waals surface area contributed by atoms with Gasteiger partial charge in [-0.2, -0.15) is 0 Å². The first-order valence-electron chi connectivity index (χ1n) is 8.93. The van der Waals surface area contributed by atoms with Gasteiger partial charge in [0.2, 0.25) is 11.8 Å². The monoisotopic (exact) mass is 523 g/mol. The van der Waals surface area contributed by atoms with Crippen molar-refractivity contribution in [2.75, 3.05) is 4.90 Å². The number of anilines is 1. The van der Waals surface area contributed by atoms with Crippen molar-refractivity contribution in [1.82, 2.24) is 0 Å². The molecule has 2 aromatic rings. The third-order valence-electron chi connectivity index (χ3n) is 5.39. The molecule has 0 spiro atoms. The lowest BCUT2D eigenvalue weighted by Crippen LogP contribution is -2.34. The molecule has 1 saturated heterocycles. The molecule has 4 nitrogen and oxygen atoms in total. The summed E-state index contributed by atoms with van der Waals surface area (Å²) in [5.41, 5.74) is 1.04. The van der Waals surface area contributed by atoms with Crippen LogP contribution in [0.3, 0.4) is 0 Å². The second kappa shape index (κ2) is 7.73. The minimum Gasteiger partial charge on any atom is -0.289 e. The highest BCUT2D eigenvalue weighted by atomic mass is 79.9. The Morgan fingerprint density at radius 3 is 2.07 bits per heavy atom. The van der Waals surface area contributed by atoms with E-state index in [1.807, 2.05) is 6.07 Å². The highest BCUT2D eigenvalue weighted by molar-refractivity contribution is 9.12. The molecule has 2 fully saturated rings. The lowest BCUT2D eigenvalue weighted by atomic mass is 9.81. The van der Waals surface area contributed by atoms with Crippen molar-refractivity contribution in [2.24, 2.45) is 11.8 Å². The summed E-state index contributed by atoms with van der Waals surface area (Å²) in [7, 11) is 0. The average molecular weight is 526 g/mol. The minimum atomic E-state index is -0.374. The van der Waals surface area contributed by atoms with Crippen LogP contribution in [0.1, 0.15) is 28.8 Å². The maximum Gasteiger partial charge on any atom is 0.237 e. The van der Waals surface area contributed by atoms with Gasteiger partial charge in [-0.1, -0.05) is 73.8 Å². The van der Waals surface area contributed by atoms with Crippen molar-refractivity contribution in [3.63, 3.8) is 0 Å². The molecule has 0 radical (unpaired) electrons. The van der Waals surface area contributed by atoms with Gasteiger partial charge < -0.3 is 0 Å². The molecule has 2 amide bonds. The maximum absolute atomic E-state index is 13.1. The van der Waals surface area contributed by atoms with E-state index in [4.69, 9.17) is 11.6 Å². The molecule has 4 rings (SSSR count). The van der Waals surface area contributed by atoms with E-state index in [-0.39, 0.29) is 44.7 Å². The van der Waals surface area contributed by atoms with Crippen LogP contribution in [0.25, 0.3) is 0 Å². The van der Waals surface area contributed by atoms with E-state index < -0.39 is 0 Å². The number of nitrogens with zero attached hydrogens (tertiary/aromatic N) is 1. The van der Waals surface area contributed by atoms with Crippen molar-refractivity contribution in [1.29, 1.82) is 0 Å². The number of carbonyl (C=O) groups is 3. The smallest absolute Gasteiger partial charge is 0.237 e. The van der Waals surface area contributed by atoms with Crippen molar-refractivity contribution in [3.05, 3.63) is 64.7 Å². The van der Waals surface area contributed by atoms with Crippen LogP contribution in [0.5, 0.6) is 0 Å². The first kappa shape index (κ1) is 19.8. The molecule has 1 saturated carbocycles. The Labute approximate surface area is 184 Å². The number of amides is 2. The normalized spacial score (nSPS) is 27.0. The van der Waals surface area contributed by atoms with E-state index in [1.54, 1.807) is 36.4 Å². The van der Waals surface area contributed by atoms with E-state index in [0.29, 0.717) is 29.1 Å². The van der Waals surface area contributed by atoms with E-state index in [0.717, 1.165) is 0 Å². The Bertz CT molecular complexity index is 937. The van der Waals surface area contributed by atoms with Gasteiger partial charge in [-0.3, -0.25) is 14.4 Å². The largest absolute Gasteiger partial charge is 0.289 e. The van der Waals surface area contributed by atoms with Gasteiger partial charge in [-0.25, -0.2) is 4.90 Å². The highest BCUT2D eigenvalue weighted by Crippen LogP contribution is 2.45.